The summed E-state index contributed by atoms with van der Waals surface area (Å²) >= 11 is 8.99. The van der Waals surface area contributed by atoms with Gasteiger partial charge in [0.1, 0.15) is 5.15 Å². The molecule has 0 aliphatic rings. The topological polar surface area (TPSA) is 105 Å². The van der Waals surface area contributed by atoms with Crippen LogP contribution in [0.15, 0.2) is 45.9 Å². The second kappa shape index (κ2) is 7.29. The predicted octanol–water partition coefficient (Wildman–Crippen LogP) is 1.98. The average Bonchev–Trinajstić information content (AvgIpc) is 2.53. The molecule has 2 N–H and O–H groups in total. The van der Waals surface area contributed by atoms with Crippen LogP contribution in [0.3, 0.4) is 0 Å². The number of amides is 2. The largest absolute Gasteiger partial charge is 0.272 e. The SMILES string of the molecule is CS(=O)(=O)c1ccc(C(=O)NNC(=O)c2cc(Br)cnc2Cl)cc1. The van der Waals surface area contributed by atoms with Gasteiger partial charge in [-0.25, -0.2) is 13.4 Å². The first-order valence-corrected chi connectivity index (χ1v) is 9.46. The van der Waals surface area contributed by atoms with Gasteiger partial charge in [0, 0.05) is 22.5 Å². The van der Waals surface area contributed by atoms with Crippen LogP contribution in [0.25, 0.3) is 0 Å². The standard InChI is InChI=1S/C14H11BrClN3O4S/c1-24(22,23)10-4-2-8(3-5-10)13(20)18-19-14(21)11-6-9(15)7-17-12(11)16/h2-7H,1H3,(H,18,20)(H,19,21). The molecule has 126 valence electrons. The highest BCUT2D eigenvalue weighted by Crippen LogP contribution is 2.17. The van der Waals surface area contributed by atoms with Crippen LogP contribution in [0.2, 0.25) is 5.15 Å². The number of rotatable bonds is 3. The molecule has 0 saturated carbocycles. The maximum atomic E-state index is 12.0. The number of sulfone groups is 1. The molecule has 0 bridgehead atoms. The van der Waals surface area contributed by atoms with Crippen molar-refractivity contribution >= 4 is 49.2 Å². The molecule has 0 aliphatic heterocycles. The molecular weight excluding hydrogens is 422 g/mol. The lowest BCUT2D eigenvalue weighted by molar-refractivity contribution is 0.0846. The van der Waals surface area contributed by atoms with E-state index in [1.807, 2.05) is 0 Å². The van der Waals surface area contributed by atoms with Crippen LogP contribution in [0, 0.1) is 0 Å². The number of hydrazine groups is 1. The summed E-state index contributed by atoms with van der Waals surface area (Å²) in [5, 5.41) is -0.0116. The van der Waals surface area contributed by atoms with Gasteiger partial charge in [-0.05, 0) is 46.3 Å². The van der Waals surface area contributed by atoms with Crippen molar-refractivity contribution in [1.82, 2.24) is 15.8 Å². The van der Waals surface area contributed by atoms with Crippen LogP contribution in [-0.4, -0.2) is 31.5 Å². The maximum absolute atomic E-state index is 12.0. The number of carbonyl (C=O) groups is 2. The minimum atomic E-state index is -3.34. The molecule has 0 unspecified atom stereocenters. The first-order valence-electron chi connectivity index (χ1n) is 6.40. The number of nitrogens with zero attached hydrogens (tertiary/aromatic N) is 1. The Morgan fingerprint density at radius 1 is 1.12 bits per heavy atom. The molecular formula is C14H11BrClN3O4S. The zero-order valence-corrected chi connectivity index (χ0v) is 15.4. The Kier molecular flexibility index (Phi) is 5.58. The fraction of sp³-hybridized carbons (Fsp3) is 0.0714. The van der Waals surface area contributed by atoms with Crippen molar-refractivity contribution in [2.24, 2.45) is 0 Å². The van der Waals surface area contributed by atoms with Gasteiger partial charge >= 0.3 is 0 Å². The van der Waals surface area contributed by atoms with Crippen LogP contribution in [0.4, 0.5) is 0 Å². The van der Waals surface area contributed by atoms with Crippen LogP contribution in [0.5, 0.6) is 0 Å². The first kappa shape index (κ1) is 18.4. The third kappa shape index (κ3) is 4.53. The van der Waals surface area contributed by atoms with E-state index in [1.54, 1.807) is 0 Å². The number of nitrogens with one attached hydrogen (secondary N) is 2. The third-order valence-corrected chi connectivity index (χ3v) is 4.75. The number of halogens is 2. The Morgan fingerprint density at radius 3 is 2.29 bits per heavy atom. The molecule has 2 rings (SSSR count). The van der Waals surface area contributed by atoms with Crippen LogP contribution in [-0.2, 0) is 9.84 Å². The lowest BCUT2D eigenvalue weighted by atomic mass is 10.2. The molecule has 24 heavy (non-hydrogen) atoms. The number of pyridine rings is 1. The van der Waals surface area contributed by atoms with Crippen molar-refractivity contribution in [3.8, 4) is 0 Å². The highest BCUT2D eigenvalue weighted by Gasteiger charge is 2.14. The fourth-order valence-electron chi connectivity index (χ4n) is 1.69. The van der Waals surface area contributed by atoms with Crippen LogP contribution in [0.1, 0.15) is 20.7 Å². The summed E-state index contributed by atoms with van der Waals surface area (Å²) in [7, 11) is -3.34. The van der Waals surface area contributed by atoms with Gasteiger partial charge < -0.3 is 0 Å². The van der Waals surface area contributed by atoms with Crippen molar-refractivity contribution in [3.05, 3.63) is 57.3 Å². The lowest BCUT2D eigenvalue weighted by Gasteiger charge is -2.09. The molecule has 10 heteroatoms. The summed E-state index contributed by atoms with van der Waals surface area (Å²) in [5.41, 5.74) is 4.68. The minimum Gasteiger partial charge on any atom is -0.267 e. The molecule has 7 nitrogen and oxygen atoms in total. The van der Waals surface area contributed by atoms with Gasteiger partial charge in [0.25, 0.3) is 11.8 Å². The highest BCUT2D eigenvalue weighted by molar-refractivity contribution is 9.10. The smallest absolute Gasteiger partial charge is 0.267 e. The van der Waals surface area contributed by atoms with E-state index >= 15 is 0 Å². The molecule has 0 aliphatic carbocycles. The van der Waals surface area contributed by atoms with Gasteiger partial charge in [0.2, 0.25) is 0 Å². The van der Waals surface area contributed by atoms with E-state index in [4.69, 9.17) is 11.6 Å². The number of aromatic nitrogens is 1. The number of benzene rings is 1. The number of carbonyl (C=O) groups excluding carboxylic acids is 2. The van der Waals surface area contributed by atoms with Crippen LogP contribution < -0.4 is 10.9 Å². The Hall–Kier alpha value is -1.97. The van der Waals surface area contributed by atoms with Crippen molar-refractivity contribution in [1.29, 1.82) is 0 Å². The second-order valence-corrected chi connectivity index (χ2v) is 7.99. The Balaban J connectivity index is 2.05. The summed E-state index contributed by atoms with van der Waals surface area (Å²) < 4.78 is 23.3. The molecule has 0 spiro atoms. The van der Waals surface area contributed by atoms with Crippen molar-refractivity contribution < 1.29 is 18.0 Å². The van der Waals surface area contributed by atoms with E-state index in [0.717, 1.165) is 6.26 Å². The number of hydrogen-bond acceptors (Lipinski definition) is 5. The predicted molar refractivity (Wildman–Crippen MR) is 91.4 cm³/mol. The minimum absolute atomic E-state index is 0.0116. The fourth-order valence-corrected chi connectivity index (χ4v) is 2.84. The van der Waals surface area contributed by atoms with Gasteiger partial charge in [-0.15, -0.1) is 0 Å². The van der Waals surface area contributed by atoms with Crippen molar-refractivity contribution in [3.63, 3.8) is 0 Å². The van der Waals surface area contributed by atoms with Gasteiger partial charge in [0.15, 0.2) is 9.84 Å². The van der Waals surface area contributed by atoms with Gasteiger partial charge in [-0.1, -0.05) is 11.6 Å². The van der Waals surface area contributed by atoms with Gasteiger partial charge in [-0.2, -0.15) is 0 Å². The summed E-state index contributed by atoms with van der Waals surface area (Å²) in [5.74, 6) is -1.25. The van der Waals surface area contributed by atoms with E-state index in [2.05, 4.69) is 31.8 Å². The molecule has 1 aromatic heterocycles. The van der Waals surface area contributed by atoms with Gasteiger partial charge in [-0.3, -0.25) is 20.4 Å². The van der Waals surface area contributed by atoms with Crippen LogP contribution >= 0.6 is 27.5 Å². The summed E-state index contributed by atoms with van der Waals surface area (Å²) in [4.78, 5) is 27.8. The summed E-state index contributed by atoms with van der Waals surface area (Å²) in [6.45, 7) is 0. The Morgan fingerprint density at radius 2 is 1.71 bits per heavy atom. The van der Waals surface area contributed by atoms with Gasteiger partial charge in [0.05, 0.1) is 10.5 Å². The Bertz CT molecular complexity index is 901. The van der Waals surface area contributed by atoms with E-state index < -0.39 is 21.7 Å². The summed E-state index contributed by atoms with van der Waals surface area (Å²) in [6, 6.07) is 6.75. The van der Waals surface area contributed by atoms with E-state index in [-0.39, 0.29) is 21.2 Å². The summed E-state index contributed by atoms with van der Waals surface area (Å²) in [6.07, 6.45) is 2.50. The average molecular weight is 433 g/mol. The monoisotopic (exact) mass is 431 g/mol. The third-order valence-electron chi connectivity index (χ3n) is 2.88. The molecule has 2 amide bonds. The first-order chi connectivity index (χ1) is 11.2. The van der Waals surface area contributed by atoms with E-state index in [1.165, 1.54) is 36.5 Å². The maximum Gasteiger partial charge on any atom is 0.272 e. The molecule has 0 fully saturated rings. The lowest BCUT2D eigenvalue weighted by Crippen LogP contribution is -2.41. The van der Waals surface area contributed by atoms with E-state index in [0.29, 0.717) is 4.47 Å². The molecule has 1 heterocycles. The number of hydrogen-bond donors (Lipinski definition) is 2. The Labute approximate surface area is 151 Å². The molecule has 0 radical (unpaired) electrons. The second-order valence-electron chi connectivity index (χ2n) is 4.70. The highest BCUT2D eigenvalue weighted by atomic mass is 79.9. The van der Waals surface area contributed by atoms with Crippen molar-refractivity contribution in [2.45, 2.75) is 4.90 Å². The van der Waals surface area contributed by atoms with Crippen molar-refractivity contribution in [2.75, 3.05) is 6.26 Å². The zero-order chi connectivity index (χ0) is 17.9. The quantitative estimate of drug-likeness (QED) is 0.570. The normalized spacial score (nSPS) is 11.0. The van der Waals surface area contributed by atoms with E-state index in [9.17, 15) is 18.0 Å². The zero-order valence-electron chi connectivity index (χ0n) is 12.2. The molecule has 1 aromatic carbocycles. The molecule has 0 atom stereocenters. The molecule has 0 saturated heterocycles. The molecule has 2 aromatic rings.